The molecule has 0 atom stereocenters. The van der Waals surface area contributed by atoms with Crippen LogP contribution >= 0.6 is 23.2 Å². The van der Waals surface area contributed by atoms with Crippen LogP contribution in [0.3, 0.4) is 0 Å². The number of pyridine rings is 1. The summed E-state index contributed by atoms with van der Waals surface area (Å²) in [4.78, 5) is 14.9. The van der Waals surface area contributed by atoms with Crippen molar-refractivity contribution in [3.63, 3.8) is 0 Å². The SMILES string of the molecule is Cc1nc(Cl)ccc1NC(=O)CCl. The Morgan fingerprint density at radius 1 is 1.62 bits per heavy atom. The lowest BCUT2D eigenvalue weighted by atomic mass is 10.3. The van der Waals surface area contributed by atoms with Crippen molar-refractivity contribution in [3.05, 3.63) is 23.0 Å². The highest BCUT2D eigenvalue weighted by Gasteiger charge is 2.03. The standard InChI is InChI=1S/C8H8Cl2N2O/c1-5-6(12-8(13)4-9)2-3-7(10)11-5/h2-3H,4H2,1H3,(H,12,13). The number of carbonyl (C=O) groups is 1. The second kappa shape index (κ2) is 4.44. The number of carbonyl (C=O) groups excluding carboxylic acids is 1. The van der Waals surface area contributed by atoms with Gasteiger partial charge in [0.1, 0.15) is 11.0 Å². The van der Waals surface area contributed by atoms with Crippen LogP contribution in [0.4, 0.5) is 5.69 Å². The summed E-state index contributed by atoms with van der Waals surface area (Å²) in [7, 11) is 0. The van der Waals surface area contributed by atoms with Crippen molar-refractivity contribution < 1.29 is 4.79 Å². The van der Waals surface area contributed by atoms with E-state index in [4.69, 9.17) is 23.2 Å². The zero-order valence-electron chi connectivity index (χ0n) is 6.97. The highest BCUT2D eigenvalue weighted by atomic mass is 35.5. The molecule has 0 bridgehead atoms. The number of nitrogens with one attached hydrogen (secondary N) is 1. The third-order valence-corrected chi connectivity index (χ3v) is 1.90. The minimum absolute atomic E-state index is 0.0674. The largest absolute Gasteiger partial charge is 0.323 e. The maximum Gasteiger partial charge on any atom is 0.239 e. The van der Waals surface area contributed by atoms with Gasteiger partial charge < -0.3 is 5.32 Å². The first-order chi connectivity index (χ1) is 6.13. The van der Waals surface area contributed by atoms with Gasteiger partial charge in [-0.15, -0.1) is 11.6 Å². The van der Waals surface area contributed by atoms with E-state index in [0.717, 1.165) is 0 Å². The summed E-state index contributed by atoms with van der Waals surface area (Å²) >= 11 is 11.0. The Balaban J connectivity index is 2.83. The van der Waals surface area contributed by atoms with E-state index in [2.05, 4.69) is 10.3 Å². The molecule has 0 radical (unpaired) electrons. The van der Waals surface area contributed by atoms with Crippen LogP contribution in [0.1, 0.15) is 5.69 Å². The van der Waals surface area contributed by atoms with E-state index < -0.39 is 0 Å². The third-order valence-electron chi connectivity index (χ3n) is 1.45. The Kier molecular flexibility index (Phi) is 3.51. The first-order valence-electron chi connectivity index (χ1n) is 3.62. The minimum Gasteiger partial charge on any atom is -0.323 e. The van der Waals surface area contributed by atoms with Gasteiger partial charge in [-0.2, -0.15) is 0 Å². The molecule has 1 N–H and O–H groups in total. The van der Waals surface area contributed by atoms with E-state index in [1.54, 1.807) is 19.1 Å². The monoisotopic (exact) mass is 218 g/mol. The van der Waals surface area contributed by atoms with Crippen LogP contribution in [0, 0.1) is 6.92 Å². The lowest BCUT2D eigenvalue weighted by Crippen LogP contribution is -2.13. The highest BCUT2D eigenvalue weighted by Crippen LogP contribution is 2.15. The van der Waals surface area contributed by atoms with Crippen molar-refractivity contribution >= 4 is 34.8 Å². The summed E-state index contributed by atoms with van der Waals surface area (Å²) in [5, 5.41) is 3.00. The zero-order valence-corrected chi connectivity index (χ0v) is 8.49. The Bertz CT molecular complexity index is 328. The molecule has 0 aliphatic heterocycles. The fraction of sp³-hybridized carbons (Fsp3) is 0.250. The first kappa shape index (κ1) is 10.3. The van der Waals surface area contributed by atoms with E-state index >= 15 is 0 Å². The number of aromatic nitrogens is 1. The summed E-state index contributed by atoms with van der Waals surface area (Å²) in [5.41, 5.74) is 1.31. The number of halogens is 2. The number of aryl methyl sites for hydroxylation is 1. The Labute approximate surface area is 86.1 Å². The van der Waals surface area contributed by atoms with Gasteiger partial charge in [-0.05, 0) is 19.1 Å². The van der Waals surface area contributed by atoms with Crippen LogP contribution in [-0.4, -0.2) is 16.8 Å². The molecule has 1 aromatic heterocycles. The van der Waals surface area contributed by atoms with Crippen LogP contribution < -0.4 is 5.32 Å². The average Bonchev–Trinajstić information content (AvgIpc) is 2.09. The molecule has 70 valence electrons. The molecule has 0 aliphatic rings. The van der Waals surface area contributed by atoms with Gasteiger partial charge in [0.05, 0.1) is 11.4 Å². The molecule has 0 unspecified atom stereocenters. The van der Waals surface area contributed by atoms with Crippen molar-refractivity contribution in [3.8, 4) is 0 Å². The molecule has 5 heteroatoms. The van der Waals surface area contributed by atoms with Gasteiger partial charge in [-0.1, -0.05) is 11.6 Å². The van der Waals surface area contributed by atoms with Crippen LogP contribution in [0.25, 0.3) is 0 Å². The first-order valence-corrected chi connectivity index (χ1v) is 4.53. The van der Waals surface area contributed by atoms with E-state index in [1.165, 1.54) is 0 Å². The predicted octanol–water partition coefficient (Wildman–Crippen LogP) is 2.22. The van der Waals surface area contributed by atoms with Crippen molar-refractivity contribution in [2.45, 2.75) is 6.92 Å². The maximum atomic E-state index is 10.9. The van der Waals surface area contributed by atoms with E-state index in [-0.39, 0.29) is 11.8 Å². The summed E-state index contributed by atoms with van der Waals surface area (Å²) in [5.74, 6) is -0.323. The molecule has 1 heterocycles. The van der Waals surface area contributed by atoms with Gasteiger partial charge >= 0.3 is 0 Å². The molecule has 1 rings (SSSR count). The normalized spacial score (nSPS) is 9.77. The Morgan fingerprint density at radius 2 is 2.31 bits per heavy atom. The summed E-state index contributed by atoms with van der Waals surface area (Å²) in [6, 6.07) is 3.30. The van der Waals surface area contributed by atoms with Crippen molar-refractivity contribution in [1.29, 1.82) is 0 Å². The molecule has 0 aromatic carbocycles. The number of nitrogens with zero attached hydrogens (tertiary/aromatic N) is 1. The number of hydrogen-bond acceptors (Lipinski definition) is 2. The van der Waals surface area contributed by atoms with Gasteiger partial charge in [0.2, 0.25) is 5.91 Å². The van der Waals surface area contributed by atoms with Crippen LogP contribution in [0.15, 0.2) is 12.1 Å². The van der Waals surface area contributed by atoms with Crippen molar-refractivity contribution in [2.75, 3.05) is 11.2 Å². The fourth-order valence-electron chi connectivity index (χ4n) is 0.846. The maximum absolute atomic E-state index is 10.9. The molecule has 0 saturated carbocycles. The summed E-state index contributed by atoms with van der Waals surface area (Å²) in [6.07, 6.45) is 0. The lowest BCUT2D eigenvalue weighted by molar-refractivity contribution is -0.113. The summed E-state index contributed by atoms with van der Waals surface area (Å²) < 4.78 is 0. The summed E-state index contributed by atoms with van der Waals surface area (Å²) in [6.45, 7) is 1.76. The third kappa shape index (κ3) is 2.86. The molecule has 1 amide bonds. The smallest absolute Gasteiger partial charge is 0.239 e. The van der Waals surface area contributed by atoms with Gasteiger partial charge in [0.15, 0.2) is 0 Å². The van der Waals surface area contributed by atoms with E-state index in [1.807, 2.05) is 0 Å². The van der Waals surface area contributed by atoms with Crippen LogP contribution in [-0.2, 0) is 4.79 Å². The second-order valence-electron chi connectivity index (χ2n) is 2.45. The van der Waals surface area contributed by atoms with Gasteiger partial charge in [0.25, 0.3) is 0 Å². The molecular weight excluding hydrogens is 211 g/mol. The van der Waals surface area contributed by atoms with Gasteiger partial charge in [-0.3, -0.25) is 4.79 Å². The molecule has 0 fully saturated rings. The topological polar surface area (TPSA) is 42.0 Å². The number of amides is 1. The minimum atomic E-state index is -0.256. The molecule has 1 aromatic rings. The van der Waals surface area contributed by atoms with E-state index in [9.17, 15) is 4.79 Å². The van der Waals surface area contributed by atoms with Gasteiger partial charge in [-0.25, -0.2) is 4.98 Å². The highest BCUT2D eigenvalue weighted by molar-refractivity contribution is 6.30. The zero-order chi connectivity index (χ0) is 9.84. The molecule has 0 saturated heterocycles. The predicted molar refractivity (Wildman–Crippen MR) is 53.3 cm³/mol. The van der Waals surface area contributed by atoms with Gasteiger partial charge in [0, 0.05) is 0 Å². The molecule has 0 aliphatic carbocycles. The number of alkyl halides is 1. The Hall–Kier alpha value is -0.800. The molecule has 13 heavy (non-hydrogen) atoms. The fourth-order valence-corrected chi connectivity index (χ4v) is 1.10. The average molecular weight is 219 g/mol. The van der Waals surface area contributed by atoms with Crippen LogP contribution in [0.2, 0.25) is 5.15 Å². The molecule has 0 spiro atoms. The molecule has 3 nitrogen and oxygen atoms in total. The van der Waals surface area contributed by atoms with Crippen molar-refractivity contribution in [1.82, 2.24) is 4.98 Å². The number of rotatable bonds is 2. The van der Waals surface area contributed by atoms with E-state index in [0.29, 0.717) is 16.5 Å². The quantitative estimate of drug-likeness (QED) is 0.612. The lowest BCUT2D eigenvalue weighted by Gasteiger charge is -2.05. The van der Waals surface area contributed by atoms with Crippen LogP contribution in [0.5, 0.6) is 0 Å². The molecular formula is C8H8Cl2N2O. The van der Waals surface area contributed by atoms with Crippen molar-refractivity contribution in [2.24, 2.45) is 0 Å². The number of anilines is 1. The number of hydrogen-bond donors (Lipinski definition) is 1. The second-order valence-corrected chi connectivity index (χ2v) is 3.10. The Morgan fingerprint density at radius 3 is 2.85 bits per heavy atom.